The van der Waals surface area contributed by atoms with Crippen LogP contribution in [-0.4, -0.2) is 38.9 Å². The van der Waals surface area contributed by atoms with Crippen molar-refractivity contribution >= 4 is 15.9 Å². The number of nitrogens with one attached hydrogen (secondary N) is 1. The summed E-state index contributed by atoms with van der Waals surface area (Å²) in [5, 5.41) is 0. The standard InChI is InChI=1S/C17H26N2O3S/c1-14(2)9-11-18-23(21,22)16-7-5-15(6-8-16)10-13-19-12-3-4-17(19)20/h5-8,14,18H,3-4,9-13H2,1-2H3. The van der Waals surface area contributed by atoms with Gasteiger partial charge in [0.05, 0.1) is 4.90 Å². The lowest BCUT2D eigenvalue weighted by atomic mass is 10.1. The van der Waals surface area contributed by atoms with Gasteiger partial charge in [0, 0.05) is 26.1 Å². The highest BCUT2D eigenvalue weighted by Gasteiger charge is 2.19. The maximum Gasteiger partial charge on any atom is 0.240 e. The minimum absolute atomic E-state index is 0.221. The van der Waals surface area contributed by atoms with Crippen molar-refractivity contribution in [1.82, 2.24) is 9.62 Å². The van der Waals surface area contributed by atoms with Gasteiger partial charge in [0.2, 0.25) is 15.9 Å². The summed E-state index contributed by atoms with van der Waals surface area (Å²) >= 11 is 0. The first-order chi connectivity index (χ1) is 10.9. The van der Waals surface area contributed by atoms with E-state index in [0.717, 1.165) is 31.4 Å². The average Bonchev–Trinajstić information content (AvgIpc) is 2.90. The maximum absolute atomic E-state index is 12.2. The molecule has 1 aliphatic heterocycles. The molecule has 128 valence electrons. The van der Waals surface area contributed by atoms with Crippen molar-refractivity contribution in [2.75, 3.05) is 19.6 Å². The molecule has 1 heterocycles. The molecule has 0 aliphatic carbocycles. The molecular weight excluding hydrogens is 312 g/mol. The van der Waals surface area contributed by atoms with Crippen LogP contribution in [0.1, 0.15) is 38.7 Å². The van der Waals surface area contributed by atoms with E-state index in [1.54, 1.807) is 12.1 Å². The summed E-state index contributed by atoms with van der Waals surface area (Å²) in [5.74, 6) is 0.687. The molecule has 0 saturated carbocycles. The van der Waals surface area contributed by atoms with Crippen LogP contribution in [0.25, 0.3) is 0 Å². The van der Waals surface area contributed by atoms with E-state index in [4.69, 9.17) is 0 Å². The minimum Gasteiger partial charge on any atom is -0.342 e. The van der Waals surface area contributed by atoms with Gasteiger partial charge < -0.3 is 4.90 Å². The van der Waals surface area contributed by atoms with Crippen LogP contribution in [-0.2, 0) is 21.2 Å². The second kappa shape index (κ2) is 7.93. The molecule has 1 saturated heterocycles. The van der Waals surface area contributed by atoms with Crippen LogP contribution in [0, 0.1) is 5.92 Å². The van der Waals surface area contributed by atoms with Crippen LogP contribution in [0.15, 0.2) is 29.2 Å². The van der Waals surface area contributed by atoms with Gasteiger partial charge in [-0.2, -0.15) is 0 Å². The highest BCUT2D eigenvalue weighted by atomic mass is 32.2. The third-order valence-corrected chi connectivity index (χ3v) is 5.57. The number of carbonyl (C=O) groups is 1. The Kier molecular flexibility index (Phi) is 6.18. The number of sulfonamides is 1. The smallest absolute Gasteiger partial charge is 0.240 e. The van der Waals surface area contributed by atoms with E-state index in [0.29, 0.717) is 30.3 Å². The van der Waals surface area contributed by atoms with E-state index in [1.165, 1.54) is 0 Å². The summed E-state index contributed by atoms with van der Waals surface area (Å²) in [7, 11) is -3.43. The second-order valence-corrected chi connectivity index (χ2v) is 8.23. The topological polar surface area (TPSA) is 66.5 Å². The van der Waals surface area contributed by atoms with Gasteiger partial charge in [-0.15, -0.1) is 0 Å². The largest absolute Gasteiger partial charge is 0.342 e. The Bertz CT molecular complexity index is 624. The van der Waals surface area contributed by atoms with Gasteiger partial charge in [-0.05, 0) is 42.9 Å². The number of hydrogen-bond donors (Lipinski definition) is 1. The minimum atomic E-state index is -3.43. The first kappa shape index (κ1) is 17.9. The molecule has 0 spiro atoms. The Balaban J connectivity index is 1.89. The maximum atomic E-state index is 12.2. The fraction of sp³-hybridized carbons (Fsp3) is 0.588. The van der Waals surface area contributed by atoms with Crippen LogP contribution < -0.4 is 4.72 Å². The first-order valence-corrected chi connectivity index (χ1v) is 9.73. The summed E-state index contributed by atoms with van der Waals surface area (Å²) < 4.78 is 27.0. The van der Waals surface area contributed by atoms with Crippen LogP contribution in [0.3, 0.4) is 0 Å². The van der Waals surface area contributed by atoms with Crippen molar-refractivity contribution in [2.45, 2.75) is 44.4 Å². The zero-order chi connectivity index (χ0) is 16.9. The van der Waals surface area contributed by atoms with Crippen molar-refractivity contribution in [3.63, 3.8) is 0 Å². The normalized spacial score (nSPS) is 15.6. The van der Waals surface area contributed by atoms with Crippen LogP contribution >= 0.6 is 0 Å². The number of hydrogen-bond acceptors (Lipinski definition) is 3. The zero-order valence-corrected chi connectivity index (χ0v) is 14.7. The van der Waals surface area contributed by atoms with Crippen molar-refractivity contribution < 1.29 is 13.2 Å². The number of rotatable bonds is 8. The molecule has 0 bridgehead atoms. The summed E-state index contributed by atoms with van der Waals surface area (Å²) in [4.78, 5) is 13.7. The van der Waals surface area contributed by atoms with Gasteiger partial charge in [0.15, 0.2) is 0 Å². The zero-order valence-electron chi connectivity index (χ0n) is 13.9. The molecule has 0 atom stereocenters. The number of amides is 1. The van der Waals surface area contributed by atoms with Gasteiger partial charge in [0.25, 0.3) is 0 Å². The quantitative estimate of drug-likeness (QED) is 0.790. The highest BCUT2D eigenvalue weighted by molar-refractivity contribution is 7.89. The van der Waals surface area contributed by atoms with Gasteiger partial charge in [-0.25, -0.2) is 13.1 Å². The predicted octanol–water partition coefficient (Wildman–Crippen LogP) is 2.18. The van der Waals surface area contributed by atoms with E-state index in [2.05, 4.69) is 18.6 Å². The van der Waals surface area contributed by atoms with E-state index in [9.17, 15) is 13.2 Å². The molecule has 0 aromatic heterocycles. The van der Waals surface area contributed by atoms with Gasteiger partial charge in [-0.3, -0.25) is 4.79 Å². The molecule has 1 amide bonds. The van der Waals surface area contributed by atoms with Crippen molar-refractivity contribution in [2.24, 2.45) is 5.92 Å². The monoisotopic (exact) mass is 338 g/mol. The van der Waals surface area contributed by atoms with Crippen LogP contribution in [0.4, 0.5) is 0 Å². The lowest BCUT2D eigenvalue weighted by Crippen LogP contribution is -2.27. The van der Waals surface area contributed by atoms with Gasteiger partial charge in [-0.1, -0.05) is 26.0 Å². The van der Waals surface area contributed by atoms with E-state index in [-0.39, 0.29) is 5.91 Å². The van der Waals surface area contributed by atoms with E-state index in [1.807, 2.05) is 17.0 Å². The molecule has 1 aromatic rings. The predicted molar refractivity (Wildman–Crippen MR) is 90.6 cm³/mol. The molecule has 6 heteroatoms. The van der Waals surface area contributed by atoms with Crippen LogP contribution in [0.2, 0.25) is 0 Å². The summed E-state index contributed by atoms with van der Waals surface area (Å²) in [5.41, 5.74) is 1.05. The van der Waals surface area contributed by atoms with Crippen LogP contribution in [0.5, 0.6) is 0 Å². The lowest BCUT2D eigenvalue weighted by Gasteiger charge is -2.15. The lowest BCUT2D eigenvalue weighted by molar-refractivity contribution is -0.127. The molecule has 1 aliphatic rings. The summed E-state index contributed by atoms with van der Waals surface area (Å²) in [6.45, 7) is 6.13. The highest BCUT2D eigenvalue weighted by Crippen LogP contribution is 2.14. The fourth-order valence-electron chi connectivity index (χ4n) is 2.61. The first-order valence-electron chi connectivity index (χ1n) is 8.25. The van der Waals surface area contributed by atoms with Gasteiger partial charge >= 0.3 is 0 Å². The Morgan fingerprint density at radius 1 is 1.22 bits per heavy atom. The fourth-order valence-corrected chi connectivity index (χ4v) is 3.65. The molecule has 1 fully saturated rings. The number of carbonyl (C=O) groups excluding carboxylic acids is 1. The average molecular weight is 338 g/mol. The molecule has 5 nitrogen and oxygen atoms in total. The van der Waals surface area contributed by atoms with Crippen molar-refractivity contribution in [1.29, 1.82) is 0 Å². The molecule has 0 radical (unpaired) electrons. The molecule has 23 heavy (non-hydrogen) atoms. The number of nitrogens with zero attached hydrogens (tertiary/aromatic N) is 1. The summed E-state index contributed by atoms with van der Waals surface area (Å²) in [6.07, 6.45) is 3.17. The van der Waals surface area contributed by atoms with Gasteiger partial charge in [0.1, 0.15) is 0 Å². The number of benzene rings is 1. The second-order valence-electron chi connectivity index (χ2n) is 6.46. The molecule has 2 rings (SSSR count). The SMILES string of the molecule is CC(C)CCNS(=O)(=O)c1ccc(CCN2CCCC2=O)cc1. The Hall–Kier alpha value is -1.40. The van der Waals surface area contributed by atoms with Crippen molar-refractivity contribution in [3.8, 4) is 0 Å². The molecule has 1 aromatic carbocycles. The van der Waals surface area contributed by atoms with E-state index < -0.39 is 10.0 Å². The van der Waals surface area contributed by atoms with E-state index >= 15 is 0 Å². The molecule has 0 unspecified atom stereocenters. The Labute approximate surface area is 139 Å². The Morgan fingerprint density at radius 3 is 2.48 bits per heavy atom. The third kappa shape index (κ3) is 5.32. The number of likely N-dealkylation sites (tertiary alicyclic amines) is 1. The van der Waals surface area contributed by atoms with Crippen molar-refractivity contribution in [3.05, 3.63) is 29.8 Å². The molecular formula is C17H26N2O3S. The summed E-state index contributed by atoms with van der Waals surface area (Å²) in [6, 6.07) is 6.94. The Morgan fingerprint density at radius 2 is 1.91 bits per heavy atom. The third-order valence-electron chi connectivity index (χ3n) is 4.09. The molecule has 1 N–H and O–H groups in total.